The van der Waals surface area contributed by atoms with Crippen LogP contribution in [0.25, 0.3) is 0 Å². The highest BCUT2D eigenvalue weighted by Crippen LogP contribution is 2.28. The first-order chi connectivity index (χ1) is 19.0. The third-order valence-electron chi connectivity index (χ3n) is 5.53. The van der Waals surface area contributed by atoms with Crippen molar-refractivity contribution in [3.63, 3.8) is 0 Å². The molecule has 0 aromatic heterocycles. The van der Waals surface area contributed by atoms with Gasteiger partial charge in [-0.15, -0.1) is 0 Å². The van der Waals surface area contributed by atoms with Crippen molar-refractivity contribution in [3.8, 4) is 23.0 Å². The number of hydrogen-bond acceptors (Lipinski definition) is 7. The number of methoxy groups -OCH3 is 2. The summed E-state index contributed by atoms with van der Waals surface area (Å²) in [5.41, 5.74) is 4.78. The Labute approximate surface area is 230 Å². The van der Waals surface area contributed by atoms with Crippen LogP contribution in [0.15, 0.2) is 96.1 Å². The van der Waals surface area contributed by atoms with Crippen molar-refractivity contribution in [3.05, 3.63) is 118 Å². The van der Waals surface area contributed by atoms with Crippen LogP contribution < -0.4 is 24.4 Å². The van der Waals surface area contributed by atoms with Crippen molar-refractivity contribution in [1.82, 2.24) is 5.43 Å². The van der Waals surface area contributed by atoms with Crippen molar-refractivity contribution in [2.75, 3.05) is 14.2 Å². The minimum Gasteiger partial charge on any atom is -0.493 e. The van der Waals surface area contributed by atoms with E-state index in [0.29, 0.717) is 44.7 Å². The zero-order valence-corrected chi connectivity index (χ0v) is 22.0. The second-order valence-electron chi connectivity index (χ2n) is 8.14. The fourth-order valence-corrected chi connectivity index (χ4v) is 3.62. The van der Waals surface area contributed by atoms with Crippen LogP contribution in [0.3, 0.4) is 0 Å². The fraction of sp³-hybridized carbons (Fsp3) is 0.100. The summed E-state index contributed by atoms with van der Waals surface area (Å²) in [6.07, 6.45) is 1.48. The number of hydrogen-bond donors (Lipinski definition) is 1. The lowest BCUT2D eigenvalue weighted by Gasteiger charge is -2.10. The molecule has 0 unspecified atom stereocenters. The van der Waals surface area contributed by atoms with E-state index in [2.05, 4.69) is 10.5 Å². The Kier molecular flexibility index (Phi) is 9.16. The highest BCUT2D eigenvalue weighted by Gasteiger charge is 2.14. The third-order valence-corrected chi connectivity index (χ3v) is 5.78. The van der Waals surface area contributed by atoms with Gasteiger partial charge in [0.1, 0.15) is 18.1 Å². The molecule has 0 saturated carbocycles. The second-order valence-corrected chi connectivity index (χ2v) is 8.58. The van der Waals surface area contributed by atoms with Crippen LogP contribution in [-0.2, 0) is 6.61 Å². The average Bonchev–Trinajstić information content (AvgIpc) is 2.97. The topological polar surface area (TPSA) is 95.5 Å². The van der Waals surface area contributed by atoms with Crippen LogP contribution in [0.5, 0.6) is 23.0 Å². The molecule has 0 aliphatic carbocycles. The molecule has 0 fully saturated rings. The Bertz CT molecular complexity index is 1470. The maximum atomic E-state index is 12.7. The van der Waals surface area contributed by atoms with Gasteiger partial charge in [0.25, 0.3) is 5.91 Å². The Morgan fingerprint density at radius 2 is 1.56 bits per heavy atom. The Hall–Kier alpha value is -4.82. The molecular formula is C30H25ClN2O6. The number of hydrazone groups is 1. The van der Waals surface area contributed by atoms with E-state index in [1.807, 2.05) is 12.1 Å². The van der Waals surface area contributed by atoms with E-state index in [-0.39, 0.29) is 6.61 Å². The third kappa shape index (κ3) is 7.37. The van der Waals surface area contributed by atoms with E-state index in [1.54, 1.807) is 78.9 Å². The summed E-state index contributed by atoms with van der Waals surface area (Å²) in [6, 6.07) is 25.6. The molecule has 9 heteroatoms. The Morgan fingerprint density at radius 1 is 0.846 bits per heavy atom. The quantitative estimate of drug-likeness (QED) is 0.115. The predicted molar refractivity (Wildman–Crippen MR) is 148 cm³/mol. The maximum absolute atomic E-state index is 12.7. The van der Waals surface area contributed by atoms with Crippen LogP contribution >= 0.6 is 11.6 Å². The molecule has 0 radical (unpaired) electrons. The molecule has 4 aromatic carbocycles. The monoisotopic (exact) mass is 544 g/mol. The van der Waals surface area contributed by atoms with Gasteiger partial charge in [0, 0.05) is 5.02 Å². The number of carbonyl (C=O) groups excluding carboxylic acids is 2. The second kappa shape index (κ2) is 13.1. The summed E-state index contributed by atoms with van der Waals surface area (Å²) in [5, 5.41) is 4.67. The number of rotatable bonds is 10. The zero-order chi connectivity index (χ0) is 27.6. The summed E-state index contributed by atoms with van der Waals surface area (Å²) in [4.78, 5) is 25.2. The first-order valence-corrected chi connectivity index (χ1v) is 12.2. The number of para-hydroxylation sites is 1. The van der Waals surface area contributed by atoms with Gasteiger partial charge in [-0.05, 0) is 77.9 Å². The van der Waals surface area contributed by atoms with Crippen LogP contribution in [-0.4, -0.2) is 32.3 Å². The number of amides is 1. The summed E-state index contributed by atoms with van der Waals surface area (Å²) < 4.78 is 21.7. The van der Waals surface area contributed by atoms with Gasteiger partial charge in [-0.1, -0.05) is 35.9 Å². The smallest absolute Gasteiger partial charge is 0.343 e. The molecular weight excluding hydrogens is 520 g/mol. The number of nitrogens with one attached hydrogen (secondary N) is 1. The van der Waals surface area contributed by atoms with Gasteiger partial charge in [0.15, 0.2) is 11.5 Å². The number of esters is 1. The minimum absolute atomic E-state index is 0.285. The van der Waals surface area contributed by atoms with Crippen molar-refractivity contribution >= 4 is 29.7 Å². The molecule has 8 nitrogen and oxygen atoms in total. The maximum Gasteiger partial charge on any atom is 0.343 e. The standard InChI is InChI=1S/C30H25ClN2O6/c1-36-27-16-11-22(17-28(27)37-2)30(35)39-24-14-9-20(10-15-24)18-32-33-29(34)25-5-3-4-6-26(25)38-19-21-7-12-23(31)13-8-21/h3-18H,19H2,1-2H3,(H,33,34)/b32-18+. The van der Waals surface area contributed by atoms with E-state index < -0.39 is 11.9 Å². The molecule has 1 amide bonds. The normalized spacial score (nSPS) is 10.6. The highest BCUT2D eigenvalue weighted by molar-refractivity contribution is 6.30. The van der Waals surface area contributed by atoms with Crippen LogP contribution in [0, 0.1) is 0 Å². The van der Waals surface area contributed by atoms with Crippen LogP contribution in [0.2, 0.25) is 5.02 Å². The van der Waals surface area contributed by atoms with Crippen molar-refractivity contribution in [2.45, 2.75) is 6.61 Å². The lowest BCUT2D eigenvalue weighted by atomic mass is 10.2. The van der Waals surface area contributed by atoms with Gasteiger partial charge < -0.3 is 18.9 Å². The number of benzene rings is 4. The number of nitrogens with zero attached hydrogens (tertiary/aromatic N) is 1. The van der Waals surface area contributed by atoms with Crippen molar-refractivity contribution in [2.24, 2.45) is 5.10 Å². The molecule has 4 aromatic rings. The van der Waals surface area contributed by atoms with Gasteiger partial charge in [-0.2, -0.15) is 5.10 Å². The van der Waals surface area contributed by atoms with Gasteiger partial charge in [0.05, 0.1) is 31.6 Å². The van der Waals surface area contributed by atoms with E-state index >= 15 is 0 Å². The summed E-state index contributed by atoms with van der Waals surface area (Å²) in [6.45, 7) is 0.285. The van der Waals surface area contributed by atoms with Gasteiger partial charge in [0.2, 0.25) is 0 Å². The summed E-state index contributed by atoms with van der Waals surface area (Å²) in [5.74, 6) is 0.763. The molecule has 0 heterocycles. The fourth-order valence-electron chi connectivity index (χ4n) is 3.50. The zero-order valence-electron chi connectivity index (χ0n) is 21.2. The highest BCUT2D eigenvalue weighted by atomic mass is 35.5. The molecule has 0 bridgehead atoms. The first kappa shape index (κ1) is 27.2. The summed E-state index contributed by atoms with van der Waals surface area (Å²) in [7, 11) is 3.01. The largest absolute Gasteiger partial charge is 0.493 e. The predicted octanol–water partition coefficient (Wildman–Crippen LogP) is 5.92. The number of ether oxygens (including phenoxy) is 4. The molecule has 0 aliphatic rings. The van der Waals surface area contributed by atoms with Gasteiger partial charge in [-0.3, -0.25) is 4.79 Å². The van der Waals surface area contributed by atoms with E-state index in [9.17, 15) is 9.59 Å². The van der Waals surface area contributed by atoms with Crippen molar-refractivity contribution < 1.29 is 28.5 Å². The summed E-state index contributed by atoms with van der Waals surface area (Å²) >= 11 is 5.92. The van der Waals surface area contributed by atoms with Crippen molar-refractivity contribution in [1.29, 1.82) is 0 Å². The van der Waals surface area contributed by atoms with E-state index in [1.165, 1.54) is 20.4 Å². The molecule has 4 rings (SSSR count). The van der Waals surface area contributed by atoms with Crippen LogP contribution in [0.4, 0.5) is 0 Å². The molecule has 0 aliphatic heterocycles. The van der Waals surface area contributed by atoms with E-state index in [4.69, 9.17) is 30.5 Å². The Morgan fingerprint density at radius 3 is 2.28 bits per heavy atom. The SMILES string of the molecule is COc1ccc(C(=O)Oc2ccc(/C=N/NC(=O)c3ccccc3OCc3ccc(Cl)cc3)cc2)cc1OC. The minimum atomic E-state index is -0.540. The molecule has 1 N–H and O–H groups in total. The number of carbonyl (C=O) groups is 2. The average molecular weight is 545 g/mol. The first-order valence-electron chi connectivity index (χ1n) is 11.8. The molecule has 198 valence electrons. The molecule has 0 spiro atoms. The van der Waals surface area contributed by atoms with Gasteiger partial charge in [-0.25, -0.2) is 10.2 Å². The molecule has 0 atom stereocenters. The number of halogens is 1. The lowest BCUT2D eigenvalue weighted by Crippen LogP contribution is -2.18. The van der Waals surface area contributed by atoms with E-state index in [0.717, 1.165) is 5.56 Å². The van der Waals surface area contributed by atoms with Gasteiger partial charge >= 0.3 is 5.97 Å². The lowest BCUT2D eigenvalue weighted by molar-refractivity contribution is 0.0734. The molecule has 39 heavy (non-hydrogen) atoms. The molecule has 0 saturated heterocycles. The van der Waals surface area contributed by atoms with Crippen LogP contribution in [0.1, 0.15) is 31.8 Å². The Balaban J connectivity index is 1.33.